The molecule has 2 saturated heterocycles. The van der Waals surface area contributed by atoms with Gasteiger partial charge in [-0.1, -0.05) is 41.9 Å². The Morgan fingerprint density at radius 3 is 2.35 bits per heavy atom. The maximum Gasteiger partial charge on any atom is 0.256 e. The number of anilines is 2. The molecule has 2 heterocycles. The van der Waals surface area contributed by atoms with Gasteiger partial charge < -0.3 is 19.9 Å². The molecule has 0 saturated carbocycles. The lowest BCUT2D eigenvalue weighted by Gasteiger charge is -2.33. The maximum atomic E-state index is 13.7. The third-order valence-corrected chi connectivity index (χ3v) is 8.85. The topological polar surface area (TPSA) is 65.1 Å². The zero-order chi connectivity index (χ0) is 30.2. The van der Waals surface area contributed by atoms with Crippen LogP contribution < -0.4 is 15.0 Å². The fraction of sp³-hybridized carbons (Fsp3) is 0.382. The molecule has 226 valence electrons. The molecule has 0 bridgehead atoms. The number of benzene rings is 3. The Morgan fingerprint density at radius 1 is 0.977 bits per heavy atom. The molecule has 0 spiro atoms. The van der Waals surface area contributed by atoms with Gasteiger partial charge in [0.25, 0.3) is 5.91 Å². The number of nitrogens with zero attached hydrogens (tertiary/aromatic N) is 3. The number of nitrogens with one attached hydrogen (secondary N) is 1. The molecule has 0 unspecified atom stereocenters. The molecule has 5 rings (SSSR count). The monoisotopic (exact) mass is 618 g/mol. The highest BCUT2D eigenvalue weighted by atomic mass is 35.5. The maximum absolute atomic E-state index is 13.7. The number of carbonyl (C=O) groups is 2. The lowest BCUT2D eigenvalue weighted by Crippen LogP contribution is -2.40. The van der Waals surface area contributed by atoms with Crippen LogP contribution in [0.15, 0.2) is 78.9 Å². The van der Waals surface area contributed by atoms with E-state index in [1.807, 2.05) is 24.0 Å². The van der Waals surface area contributed by atoms with Gasteiger partial charge in [-0.15, -0.1) is 0 Å². The Bertz CT molecular complexity index is 1380. The summed E-state index contributed by atoms with van der Waals surface area (Å²) in [6.07, 6.45) is 4.37. The average molecular weight is 619 g/mol. The Morgan fingerprint density at radius 2 is 1.67 bits per heavy atom. The van der Waals surface area contributed by atoms with E-state index < -0.39 is 6.04 Å². The van der Waals surface area contributed by atoms with E-state index in [-0.39, 0.29) is 18.2 Å². The highest BCUT2D eigenvalue weighted by Crippen LogP contribution is 2.29. The molecule has 3 aromatic rings. The van der Waals surface area contributed by atoms with E-state index in [2.05, 4.69) is 40.5 Å². The largest absolute Gasteiger partial charge is 0.494 e. The van der Waals surface area contributed by atoms with E-state index >= 15 is 0 Å². The number of ether oxygens (including phenoxy) is 1. The average Bonchev–Trinajstić information content (AvgIpc) is 3.24. The van der Waals surface area contributed by atoms with Crippen LogP contribution in [0.3, 0.4) is 0 Å². The summed E-state index contributed by atoms with van der Waals surface area (Å²) in [5.74, 6) is 1.01. The lowest BCUT2D eigenvalue weighted by molar-refractivity contribution is -0.124. The molecule has 0 radical (unpaired) electrons. The number of halogens is 1. The number of thiocarbonyl (C=S) groups is 1. The zero-order valence-corrected chi connectivity index (χ0v) is 26.2. The summed E-state index contributed by atoms with van der Waals surface area (Å²) in [6.45, 7) is 6.17. The molecule has 7 nitrogen and oxygen atoms in total. The summed E-state index contributed by atoms with van der Waals surface area (Å²) >= 11 is 11.9. The predicted octanol–water partition coefficient (Wildman–Crippen LogP) is 6.41. The SMILES string of the molecule is CCOc1ccc(NC(=O)C[C@@H]2C(=O)N(c3ccc(Cl)cc3)C(=S)N2CCCN2CCC(Cc3ccccc3)CC2)cc1. The quantitative estimate of drug-likeness (QED) is 0.237. The Hall–Kier alpha value is -3.46. The van der Waals surface area contributed by atoms with Gasteiger partial charge in [-0.3, -0.25) is 14.5 Å². The van der Waals surface area contributed by atoms with Gasteiger partial charge >= 0.3 is 0 Å². The Kier molecular flexibility index (Phi) is 10.7. The number of hydrogen-bond acceptors (Lipinski definition) is 5. The van der Waals surface area contributed by atoms with Gasteiger partial charge in [-0.25, -0.2) is 0 Å². The molecule has 2 amide bonds. The van der Waals surface area contributed by atoms with Crippen LogP contribution in [0.25, 0.3) is 0 Å². The summed E-state index contributed by atoms with van der Waals surface area (Å²) in [5, 5.41) is 3.93. The van der Waals surface area contributed by atoms with Gasteiger partial charge in [0, 0.05) is 17.3 Å². The molecule has 9 heteroatoms. The smallest absolute Gasteiger partial charge is 0.256 e. The minimum atomic E-state index is -0.678. The summed E-state index contributed by atoms with van der Waals surface area (Å²) in [6, 6.07) is 24.3. The predicted molar refractivity (Wildman–Crippen MR) is 177 cm³/mol. The highest BCUT2D eigenvalue weighted by Gasteiger charge is 2.44. The van der Waals surface area contributed by atoms with Gasteiger partial charge in [0.05, 0.1) is 18.7 Å². The zero-order valence-electron chi connectivity index (χ0n) is 24.6. The first-order valence-corrected chi connectivity index (χ1v) is 15.9. The van der Waals surface area contributed by atoms with E-state index in [9.17, 15) is 9.59 Å². The molecule has 2 aliphatic rings. The van der Waals surface area contributed by atoms with Crippen molar-refractivity contribution in [3.05, 3.63) is 89.4 Å². The van der Waals surface area contributed by atoms with Crippen molar-refractivity contribution >= 4 is 52.1 Å². The second-order valence-corrected chi connectivity index (χ2v) is 12.0. The lowest BCUT2D eigenvalue weighted by atomic mass is 9.90. The minimum absolute atomic E-state index is 0.00115. The van der Waals surface area contributed by atoms with Crippen molar-refractivity contribution in [2.24, 2.45) is 5.92 Å². The molecule has 2 aliphatic heterocycles. The van der Waals surface area contributed by atoms with Crippen LogP contribution in [0.4, 0.5) is 11.4 Å². The van der Waals surface area contributed by atoms with E-state index in [0.717, 1.165) is 38.2 Å². The van der Waals surface area contributed by atoms with Crippen molar-refractivity contribution in [1.82, 2.24) is 9.80 Å². The summed E-state index contributed by atoms with van der Waals surface area (Å²) < 4.78 is 5.49. The van der Waals surface area contributed by atoms with E-state index in [1.165, 1.54) is 23.3 Å². The third-order valence-electron chi connectivity index (χ3n) is 8.18. The van der Waals surface area contributed by atoms with Crippen LogP contribution in [0.1, 0.15) is 38.2 Å². The van der Waals surface area contributed by atoms with Crippen molar-refractivity contribution in [1.29, 1.82) is 0 Å². The van der Waals surface area contributed by atoms with Crippen LogP contribution >= 0.6 is 23.8 Å². The summed E-state index contributed by atoms with van der Waals surface area (Å²) in [4.78, 5) is 32.8. The minimum Gasteiger partial charge on any atom is -0.494 e. The molecular formula is C34H39ClN4O3S. The number of carbonyl (C=O) groups excluding carboxylic acids is 2. The number of hydrogen-bond donors (Lipinski definition) is 1. The number of rotatable bonds is 12. The first-order chi connectivity index (χ1) is 20.9. The van der Waals surface area contributed by atoms with Crippen molar-refractivity contribution < 1.29 is 14.3 Å². The molecule has 2 fully saturated rings. The normalized spacial score (nSPS) is 17.9. The molecular weight excluding hydrogens is 580 g/mol. The Balaban J connectivity index is 1.19. The molecule has 43 heavy (non-hydrogen) atoms. The number of amides is 2. The standard InChI is InChI=1S/C34H39ClN4O3S/c1-2-42-30-15-11-28(12-16-30)36-32(40)24-31-33(41)39(29-13-9-27(35)10-14-29)34(43)38(31)20-6-19-37-21-17-26(18-22-37)23-25-7-4-3-5-8-25/h3-5,7-16,26,31H,2,6,17-24H2,1H3,(H,36,40)/t31-/m1/s1. The molecule has 1 atom stereocenters. The highest BCUT2D eigenvalue weighted by molar-refractivity contribution is 7.80. The fourth-order valence-corrected chi connectivity index (χ4v) is 6.47. The van der Waals surface area contributed by atoms with Gasteiger partial charge in [0.1, 0.15) is 11.8 Å². The molecule has 3 aromatic carbocycles. The van der Waals surface area contributed by atoms with E-state index in [4.69, 9.17) is 28.6 Å². The van der Waals surface area contributed by atoms with Crippen molar-refractivity contribution in [3.63, 3.8) is 0 Å². The van der Waals surface area contributed by atoms with Crippen LogP contribution in [-0.4, -0.2) is 65.6 Å². The van der Waals surface area contributed by atoms with Crippen molar-refractivity contribution in [2.45, 2.75) is 45.1 Å². The van der Waals surface area contributed by atoms with Gasteiger partial charge in [0.15, 0.2) is 5.11 Å². The first-order valence-electron chi connectivity index (χ1n) is 15.1. The Labute approximate surface area is 264 Å². The third kappa shape index (κ3) is 8.13. The van der Waals surface area contributed by atoms with Gasteiger partial charge in [-0.05, 0) is 124 Å². The van der Waals surface area contributed by atoms with Crippen LogP contribution in [0.2, 0.25) is 5.02 Å². The van der Waals surface area contributed by atoms with Crippen molar-refractivity contribution in [2.75, 3.05) is 43.0 Å². The van der Waals surface area contributed by atoms with Crippen LogP contribution in [0.5, 0.6) is 5.75 Å². The summed E-state index contributed by atoms with van der Waals surface area (Å²) in [7, 11) is 0. The van der Waals surface area contributed by atoms with E-state index in [1.54, 1.807) is 36.4 Å². The fourth-order valence-electron chi connectivity index (χ4n) is 5.93. The second-order valence-electron chi connectivity index (χ2n) is 11.2. The van der Waals surface area contributed by atoms with E-state index in [0.29, 0.717) is 40.6 Å². The van der Waals surface area contributed by atoms with Crippen LogP contribution in [-0.2, 0) is 16.0 Å². The second kappa shape index (κ2) is 14.8. The first kappa shape index (κ1) is 31.0. The van der Waals surface area contributed by atoms with Crippen LogP contribution in [0, 0.1) is 5.92 Å². The van der Waals surface area contributed by atoms with Gasteiger partial charge in [-0.2, -0.15) is 0 Å². The molecule has 1 N–H and O–H groups in total. The number of likely N-dealkylation sites (tertiary alicyclic amines) is 1. The molecule has 0 aromatic heterocycles. The van der Waals surface area contributed by atoms with Crippen molar-refractivity contribution in [3.8, 4) is 5.75 Å². The van der Waals surface area contributed by atoms with Gasteiger partial charge in [0.2, 0.25) is 5.91 Å². The molecule has 0 aliphatic carbocycles. The summed E-state index contributed by atoms with van der Waals surface area (Å²) in [5.41, 5.74) is 2.72. The number of piperidine rings is 1.